The Morgan fingerprint density at radius 2 is 2.12 bits per heavy atom. The van der Waals surface area contributed by atoms with Gasteiger partial charge in [0, 0.05) is 23.6 Å². The van der Waals surface area contributed by atoms with Gasteiger partial charge in [0.2, 0.25) is 0 Å². The SMILES string of the molecule is CC(C)c1nc2c(cc(O)c3cccnc32)[nH]1. The molecule has 4 heteroatoms. The van der Waals surface area contributed by atoms with Crippen molar-refractivity contribution in [3.63, 3.8) is 0 Å². The first-order valence-corrected chi connectivity index (χ1v) is 5.63. The van der Waals surface area contributed by atoms with Gasteiger partial charge in [-0.3, -0.25) is 4.98 Å². The van der Waals surface area contributed by atoms with Crippen molar-refractivity contribution >= 4 is 21.9 Å². The molecule has 1 aromatic carbocycles. The Kier molecular flexibility index (Phi) is 2.04. The van der Waals surface area contributed by atoms with E-state index in [-0.39, 0.29) is 5.75 Å². The normalized spacial score (nSPS) is 11.7. The number of rotatable bonds is 1. The number of phenolic OH excluding ortho intramolecular Hbond substituents is 1. The maximum atomic E-state index is 9.93. The van der Waals surface area contributed by atoms with Gasteiger partial charge in [-0.1, -0.05) is 13.8 Å². The van der Waals surface area contributed by atoms with Crippen LogP contribution in [0.4, 0.5) is 0 Å². The number of benzene rings is 1. The van der Waals surface area contributed by atoms with E-state index in [0.29, 0.717) is 5.92 Å². The molecule has 0 saturated heterocycles. The number of nitrogens with one attached hydrogen (secondary N) is 1. The van der Waals surface area contributed by atoms with Gasteiger partial charge in [0.1, 0.15) is 22.6 Å². The number of pyridine rings is 1. The van der Waals surface area contributed by atoms with Crippen LogP contribution in [0.5, 0.6) is 5.75 Å². The summed E-state index contributed by atoms with van der Waals surface area (Å²) in [4.78, 5) is 12.1. The number of aromatic hydroxyl groups is 1. The molecule has 0 aliphatic carbocycles. The number of imidazole rings is 1. The lowest BCUT2D eigenvalue weighted by molar-refractivity contribution is 0.482. The quantitative estimate of drug-likeness (QED) is 0.671. The van der Waals surface area contributed by atoms with Crippen molar-refractivity contribution in [2.75, 3.05) is 0 Å². The molecule has 0 fully saturated rings. The number of aromatic amines is 1. The highest BCUT2D eigenvalue weighted by molar-refractivity contribution is 6.04. The first kappa shape index (κ1) is 10.1. The molecular weight excluding hydrogens is 214 g/mol. The van der Waals surface area contributed by atoms with Gasteiger partial charge in [0.25, 0.3) is 0 Å². The third-order valence-electron chi connectivity index (χ3n) is 2.89. The van der Waals surface area contributed by atoms with Gasteiger partial charge in [0.05, 0.1) is 5.52 Å². The highest BCUT2D eigenvalue weighted by Crippen LogP contribution is 2.30. The third kappa shape index (κ3) is 1.45. The predicted molar refractivity (Wildman–Crippen MR) is 67.1 cm³/mol. The summed E-state index contributed by atoms with van der Waals surface area (Å²) < 4.78 is 0. The molecule has 0 aliphatic rings. The summed E-state index contributed by atoms with van der Waals surface area (Å²) in [6, 6.07) is 5.36. The molecule has 0 spiro atoms. The zero-order valence-corrected chi connectivity index (χ0v) is 9.73. The molecule has 3 rings (SSSR count). The summed E-state index contributed by atoms with van der Waals surface area (Å²) in [5, 5.41) is 10.7. The maximum absolute atomic E-state index is 9.93. The van der Waals surface area contributed by atoms with Crippen molar-refractivity contribution in [2.24, 2.45) is 0 Å². The average Bonchev–Trinajstić information content (AvgIpc) is 2.73. The minimum atomic E-state index is 0.236. The number of fused-ring (bicyclic) bond motifs is 3. The summed E-state index contributed by atoms with van der Waals surface area (Å²) >= 11 is 0. The van der Waals surface area contributed by atoms with Crippen molar-refractivity contribution in [2.45, 2.75) is 19.8 Å². The van der Waals surface area contributed by atoms with Crippen molar-refractivity contribution < 1.29 is 5.11 Å². The fourth-order valence-electron chi connectivity index (χ4n) is 1.98. The summed E-state index contributed by atoms with van der Waals surface area (Å²) in [7, 11) is 0. The van der Waals surface area contributed by atoms with Crippen LogP contribution in [0.15, 0.2) is 24.4 Å². The summed E-state index contributed by atoms with van der Waals surface area (Å²) in [5.74, 6) is 1.47. The van der Waals surface area contributed by atoms with Gasteiger partial charge in [-0.15, -0.1) is 0 Å². The number of aromatic nitrogens is 3. The second-order valence-electron chi connectivity index (χ2n) is 4.47. The van der Waals surface area contributed by atoms with Crippen LogP contribution in [0.1, 0.15) is 25.6 Å². The van der Waals surface area contributed by atoms with Crippen molar-refractivity contribution in [1.29, 1.82) is 0 Å². The standard InChI is InChI=1S/C13H13N3O/c1-7(2)13-15-9-6-10(17)8-4-3-5-14-11(8)12(9)16-13/h3-7,17H,1-2H3,(H,15,16). The molecule has 0 amide bonds. The summed E-state index contributed by atoms with van der Waals surface area (Å²) in [5.41, 5.74) is 2.39. The van der Waals surface area contributed by atoms with E-state index in [2.05, 4.69) is 28.8 Å². The maximum Gasteiger partial charge on any atom is 0.127 e. The molecule has 0 unspecified atom stereocenters. The summed E-state index contributed by atoms with van der Waals surface area (Å²) in [6.45, 7) is 4.15. The van der Waals surface area contributed by atoms with Crippen LogP contribution in [0.2, 0.25) is 0 Å². The molecule has 0 bridgehead atoms. The number of hydrogen-bond donors (Lipinski definition) is 2. The van der Waals surface area contributed by atoms with Crippen molar-refractivity contribution in [1.82, 2.24) is 15.0 Å². The van der Waals surface area contributed by atoms with Crippen LogP contribution in [0.3, 0.4) is 0 Å². The lowest BCUT2D eigenvalue weighted by atomic mass is 10.2. The Morgan fingerprint density at radius 3 is 2.88 bits per heavy atom. The van der Waals surface area contributed by atoms with E-state index >= 15 is 0 Å². The number of nitrogens with zero attached hydrogens (tertiary/aromatic N) is 2. The average molecular weight is 227 g/mol. The highest BCUT2D eigenvalue weighted by atomic mass is 16.3. The highest BCUT2D eigenvalue weighted by Gasteiger charge is 2.12. The van der Waals surface area contributed by atoms with Gasteiger partial charge < -0.3 is 10.1 Å². The van der Waals surface area contributed by atoms with Gasteiger partial charge in [0.15, 0.2) is 0 Å². The smallest absolute Gasteiger partial charge is 0.127 e. The molecule has 4 nitrogen and oxygen atoms in total. The van der Waals surface area contributed by atoms with E-state index in [1.165, 1.54) is 0 Å². The molecule has 0 aliphatic heterocycles. The first-order chi connectivity index (χ1) is 8.16. The molecule has 2 heterocycles. The lowest BCUT2D eigenvalue weighted by Gasteiger charge is -1.99. The number of H-pyrrole nitrogens is 1. The molecule has 86 valence electrons. The third-order valence-corrected chi connectivity index (χ3v) is 2.89. The molecule has 3 aromatic rings. The lowest BCUT2D eigenvalue weighted by Crippen LogP contribution is -1.88. The van der Waals surface area contributed by atoms with Crippen LogP contribution in [-0.4, -0.2) is 20.1 Å². The number of phenols is 1. The fourth-order valence-corrected chi connectivity index (χ4v) is 1.98. The zero-order chi connectivity index (χ0) is 12.0. The van der Waals surface area contributed by atoms with Gasteiger partial charge >= 0.3 is 0 Å². The van der Waals surface area contributed by atoms with Gasteiger partial charge in [-0.05, 0) is 12.1 Å². The molecule has 0 radical (unpaired) electrons. The van der Waals surface area contributed by atoms with Gasteiger partial charge in [-0.25, -0.2) is 4.98 Å². The van der Waals surface area contributed by atoms with E-state index in [1.807, 2.05) is 12.1 Å². The van der Waals surface area contributed by atoms with E-state index in [1.54, 1.807) is 12.3 Å². The fraction of sp³-hybridized carbons (Fsp3) is 0.231. The van der Waals surface area contributed by atoms with Crippen LogP contribution in [-0.2, 0) is 0 Å². The Labute approximate surface area is 98.3 Å². The van der Waals surface area contributed by atoms with Crippen LogP contribution >= 0.6 is 0 Å². The minimum absolute atomic E-state index is 0.236. The molecule has 2 aromatic heterocycles. The Morgan fingerprint density at radius 1 is 1.29 bits per heavy atom. The van der Waals surface area contributed by atoms with Crippen LogP contribution < -0.4 is 0 Å². The molecular formula is C13H13N3O. The molecule has 17 heavy (non-hydrogen) atoms. The Balaban J connectivity index is 2.46. The van der Waals surface area contributed by atoms with E-state index in [9.17, 15) is 5.11 Å². The minimum Gasteiger partial charge on any atom is -0.507 e. The Bertz CT molecular complexity index is 700. The predicted octanol–water partition coefficient (Wildman–Crippen LogP) is 2.94. The second kappa shape index (κ2) is 3.45. The summed E-state index contributed by atoms with van der Waals surface area (Å²) in [6.07, 6.45) is 1.71. The van der Waals surface area contributed by atoms with E-state index < -0.39 is 0 Å². The van der Waals surface area contributed by atoms with Crippen LogP contribution in [0, 0.1) is 0 Å². The van der Waals surface area contributed by atoms with Crippen molar-refractivity contribution in [3.05, 3.63) is 30.2 Å². The monoisotopic (exact) mass is 227 g/mol. The van der Waals surface area contributed by atoms with E-state index in [4.69, 9.17) is 0 Å². The van der Waals surface area contributed by atoms with Gasteiger partial charge in [-0.2, -0.15) is 0 Å². The molecule has 2 N–H and O–H groups in total. The van der Waals surface area contributed by atoms with Crippen molar-refractivity contribution in [3.8, 4) is 5.75 Å². The first-order valence-electron chi connectivity index (χ1n) is 5.63. The largest absolute Gasteiger partial charge is 0.507 e. The Hall–Kier alpha value is -2.10. The number of hydrogen-bond acceptors (Lipinski definition) is 3. The molecule has 0 saturated carbocycles. The van der Waals surface area contributed by atoms with E-state index in [0.717, 1.165) is 27.8 Å². The zero-order valence-electron chi connectivity index (χ0n) is 9.73. The second-order valence-corrected chi connectivity index (χ2v) is 4.47. The molecule has 0 atom stereocenters. The topological polar surface area (TPSA) is 61.8 Å². The van der Waals surface area contributed by atoms with Crippen LogP contribution in [0.25, 0.3) is 21.9 Å².